The number of halogens is 1. The lowest BCUT2D eigenvalue weighted by Gasteiger charge is -2.16. The molecule has 0 aliphatic carbocycles. The molecule has 29 heavy (non-hydrogen) atoms. The maximum atomic E-state index is 6.83. The van der Waals surface area contributed by atoms with Crippen LogP contribution in [0.2, 0.25) is 0 Å². The molecule has 3 nitrogen and oxygen atoms in total. The monoisotopic (exact) mass is 404 g/mol. The number of benzene rings is 2. The first kappa shape index (κ1) is 19.7. The van der Waals surface area contributed by atoms with Gasteiger partial charge in [0.15, 0.2) is 0 Å². The van der Waals surface area contributed by atoms with E-state index in [1.54, 1.807) is 0 Å². The van der Waals surface area contributed by atoms with E-state index in [1.807, 2.05) is 31.3 Å². The number of alkyl halides is 1. The Balaban J connectivity index is 1.68. The fourth-order valence-electron chi connectivity index (χ4n) is 3.73. The summed E-state index contributed by atoms with van der Waals surface area (Å²) in [5.41, 5.74) is 7.33. The summed E-state index contributed by atoms with van der Waals surface area (Å²) in [6, 6.07) is 18.7. The Morgan fingerprint density at radius 2 is 1.66 bits per heavy atom. The quantitative estimate of drug-likeness (QED) is 0.481. The standard InChI is InChI=1S/C25H25ClN2O/c1-16-13-14-27-17(2)22(16)23(26)19-11-9-18(10-12-19)20-7-5-6-8-21(20)24-28-25(3,4)15-29-24/h5-14,23H,15H2,1-4H3. The van der Waals surface area contributed by atoms with Gasteiger partial charge in [0.1, 0.15) is 6.61 Å². The van der Waals surface area contributed by atoms with Crippen LogP contribution in [-0.2, 0) is 4.74 Å². The third kappa shape index (κ3) is 3.92. The van der Waals surface area contributed by atoms with Gasteiger partial charge in [0.2, 0.25) is 5.90 Å². The molecular formula is C25H25ClN2O. The van der Waals surface area contributed by atoms with Crippen molar-refractivity contribution < 1.29 is 4.74 Å². The van der Waals surface area contributed by atoms with Crippen molar-refractivity contribution in [3.63, 3.8) is 0 Å². The predicted octanol–water partition coefficient (Wildman–Crippen LogP) is 6.25. The first-order valence-corrected chi connectivity index (χ1v) is 10.3. The molecule has 2 aromatic carbocycles. The minimum Gasteiger partial charge on any atom is -0.475 e. The molecule has 1 atom stereocenters. The van der Waals surface area contributed by atoms with Gasteiger partial charge in [-0.25, -0.2) is 4.99 Å². The van der Waals surface area contributed by atoms with Crippen LogP contribution in [-0.4, -0.2) is 23.0 Å². The summed E-state index contributed by atoms with van der Waals surface area (Å²) in [6.07, 6.45) is 1.83. The second kappa shape index (κ2) is 7.64. The van der Waals surface area contributed by atoms with Crippen LogP contribution in [0.3, 0.4) is 0 Å². The Morgan fingerprint density at radius 1 is 0.966 bits per heavy atom. The van der Waals surface area contributed by atoms with Crippen molar-refractivity contribution in [3.8, 4) is 11.1 Å². The van der Waals surface area contributed by atoms with Gasteiger partial charge < -0.3 is 4.74 Å². The largest absolute Gasteiger partial charge is 0.475 e. The highest BCUT2D eigenvalue weighted by Gasteiger charge is 2.28. The molecule has 0 saturated carbocycles. The molecule has 0 amide bonds. The van der Waals surface area contributed by atoms with Gasteiger partial charge in [0, 0.05) is 17.5 Å². The van der Waals surface area contributed by atoms with Gasteiger partial charge in [-0.1, -0.05) is 42.5 Å². The average molecular weight is 405 g/mol. The molecule has 1 aromatic heterocycles. The molecule has 0 N–H and O–H groups in total. The van der Waals surface area contributed by atoms with Crippen LogP contribution in [0, 0.1) is 13.8 Å². The normalized spacial score (nSPS) is 16.2. The van der Waals surface area contributed by atoms with Gasteiger partial charge in [-0.05, 0) is 67.6 Å². The first-order valence-electron chi connectivity index (χ1n) is 9.84. The maximum Gasteiger partial charge on any atom is 0.217 e. The molecule has 0 fully saturated rings. The van der Waals surface area contributed by atoms with Crippen molar-refractivity contribution >= 4 is 17.5 Å². The summed E-state index contributed by atoms with van der Waals surface area (Å²) in [5.74, 6) is 0.714. The fraction of sp³-hybridized carbons (Fsp3) is 0.280. The van der Waals surface area contributed by atoms with E-state index in [2.05, 4.69) is 62.2 Å². The minimum atomic E-state index is -0.226. The van der Waals surface area contributed by atoms with Crippen LogP contribution in [0.5, 0.6) is 0 Å². The molecule has 1 aliphatic rings. The van der Waals surface area contributed by atoms with E-state index in [-0.39, 0.29) is 10.9 Å². The number of hydrogen-bond donors (Lipinski definition) is 0. The van der Waals surface area contributed by atoms with E-state index in [0.717, 1.165) is 39.1 Å². The van der Waals surface area contributed by atoms with Crippen molar-refractivity contribution in [1.82, 2.24) is 4.98 Å². The van der Waals surface area contributed by atoms with Gasteiger partial charge in [-0.3, -0.25) is 4.98 Å². The summed E-state index contributed by atoms with van der Waals surface area (Å²) in [6.45, 7) is 8.86. The van der Waals surface area contributed by atoms with Crippen LogP contribution in [0.15, 0.2) is 65.8 Å². The van der Waals surface area contributed by atoms with Gasteiger partial charge in [-0.15, -0.1) is 11.6 Å². The number of aromatic nitrogens is 1. The molecular weight excluding hydrogens is 380 g/mol. The summed E-state index contributed by atoms with van der Waals surface area (Å²) in [5, 5.41) is -0.226. The highest BCUT2D eigenvalue weighted by atomic mass is 35.5. The summed E-state index contributed by atoms with van der Waals surface area (Å²) in [4.78, 5) is 9.16. The van der Waals surface area contributed by atoms with E-state index in [0.29, 0.717) is 12.5 Å². The Morgan fingerprint density at radius 3 is 2.28 bits per heavy atom. The number of hydrogen-bond acceptors (Lipinski definition) is 3. The Labute approximate surface area is 177 Å². The van der Waals surface area contributed by atoms with Crippen molar-refractivity contribution in [3.05, 3.63) is 88.7 Å². The van der Waals surface area contributed by atoms with Gasteiger partial charge >= 0.3 is 0 Å². The Kier molecular flexibility index (Phi) is 5.18. The smallest absolute Gasteiger partial charge is 0.217 e. The van der Waals surface area contributed by atoms with Gasteiger partial charge in [-0.2, -0.15) is 0 Å². The van der Waals surface area contributed by atoms with Crippen LogP contribution < -0.4 is 0 Å². The van der Waals surface area contributed by atoms with E-state index in [4.69, 9.17) is 21.3 Å². The molecule has 1 unspecified atom stereocenters. The van der Waals surface area contributed by atoms with Gasteiger partial charge in [0.05, 0.1) is 10.9 Å². The molecule has 0 saturated heterocycles. The topological polar surface area (TPSA) is 34.5 Å². The lowest BCUT2D eigenvalue weighted by molar-refractivity contribution is 0.279. The van der Waals surface area contributed by atoms with E-state index < -0.39 is 0 Å². The third-order valence-electron chi connectivity index (χ3n) is 5.30. The first-order chi connectivity index (χ1) is 13.9. The number of ether oxygens (including phenoxy) is 1. The molecule has 0 spiro atoms. The maximum absolute atomic E-state index is 6.83. The number of aliphatic imine (C=N–C) groups is 1. The lowest BCUT2D eigenvalue weighted by atomic mass is 9.95. The molecule has 4 heteroatoms. The van der Waals surface area contributed by atoms with Crippen molar-refractivity contribution in [2.75, 3.05) is 6.61 Å². The third-order valence-corrected chi connectivity index (χ3v) is 5.77. The van der Waals surface area contributed by atoms with Crippen LogP contribution >= 0.6 is 11.6 Å². The zero-order valence-corrected chi connectivity index (χ0v) is 18.0. The zero-order valence-electron chi connectivity index (χ0n) is 17.2. The molecule has 0 bridgehead atoms. The van der Waals surface area contributed by atoms with Crippen LogP contribution in [0.4, 0.5) is 0 Å². The summed E-state index contributed by atoms with van der Waals surface area (Å²) >= 11 is 6.83. The highest BCUT2D eigenvalue weighted by molar-refractivity contribution is 6.22. The predicted molar refractivity (Wildman–Crippen MR) is 120 cm³/mol. The minimum absolute atomic E-state index is 0.183. The molecule has 1 aliphatic heterocycles. The Bertz CT molecular complexity index is 1050. The number of nitrogens with zero attached hydrogens (tertiary/aromatic N) is 2. The Hall–Kier alpha value is -2.65. The number of rotatable bonds is 4. The van der Waals surface area contributed by atoms with Crippen molar-refractivity contribution in [1.29, 1.82) is 0 Å². The van der Waals surface area contributed by atoms with E-state index >= 15 is 0 Å². The lowest BCUT2D eigenvalue weighted by Crippen LogP contribution is -2.17. The van der Waals surface area contributed by atoms with Crippen LogP contribution in [0.1, 0.15) is 47.2 Å². The zero-order chi connectivity index (χ0) is 20.6. The fourth-order valence-corrected chi connectivity index (χ4v) is 4.21. The molecule has 2 heterocycles. The second-order valence-corrected chi connectivity index (χ2v) is 8.61. The molecule has 0 radical (unpaired) electrons. The number of pyridine rings is 1. The average Bonchev–Trinajstić information content (AvgIpc) is 3.07. The van der Waals surface area contributed by atoms with Gasteiger partial charge in [0.25, 0.3) is 0 Å². The number of aryl methyl sites for hydroxylation is 2. The second-order valence-electron chi connectivity index (χ2n) is 8.18. The highest BCUT2D eigenvalue weighted by Crippen LogP contribution is 2.34. The summed E-state index contributed by atoms with van der Waals surface area (Å²) < 4.78 is 5.88. The molecule has 3 aromatic rings. The van der Waals surface area contributed by atoms with Crippen molar-refractivity contribution in [2.24, 2.45) is 4.99 Å². The van der Waals surface area contributed by atoms with E-state index in [9.17, 15) is 0 Å². The van der Waals surface area contributed by atoms with E-state index in [1.165, 1.54) is 0 Å². The molecule has 148 valence electrons. The SMILES string of the molecule is Cc1ccnc(C)c1C(Cl)c1ccc(-c2ccccc2C2=NC(C)(C)CO2)cc1. The van der Waals surface area contributed by atoms with Crippen molar-refractivity contribution in [2.45, 2.75) is 38.6 Å². The summed E-state index contributed by atoms with van der Waals surface area (Å²) in [7, 11) is 0. The molecule has 4 rings (SSSR count). The van der Waals surface area contributed by atoms with Crippen LogP contribution in [0.25, 0.3) is 11.1 Å².